The van der Waals surface area contributed by atoms with E-state index in [-0.39, 0.29) is 0 Å². The van der Waals surface area contributed by atoms with E-state index < -0.39 is 0 Å². The minimum atomic E-state index is 0.893. The van der Waals surface area contributed by atoms with Gasteiger partial charge in [-0.3, -0.25) is 0 Å². The van der Waals surface area contributed by atoms with Crippen molar-refractivity contribution in [1.82, 2.24) is 0 Å². The summed E-state index contributed by atoms with van der Waals surface area (Å²) in [5.41, 5.74) is 6.25. The maximum absolute atomic E-state index is 2.56. The Morgan fingerprint density at radius 3 is 2.21 bits per heavy atom. The third kappa shape index (κ3) is 12.7. The number of allylic oxidation sites excluding steroid dienone is 4. The largest absolute Gasteiger partial charge is 0.0856 e. The molecule has 1 aliphatic carbocycles. The van der Waals surface area contributed by atoms with E-state index in [1.165, 1.54) is 120 Å². The molecule has 0 aromatic heterocycles. The molecule has 0 saturated carbocycles. The van der Waals surface area contributed by atoms with Gasteiger partial charge in [0.2, 0.25) is 0 Å². The summed E-state index contributed by atoms with van der Waals surface area (Å²) in [5.74, 6) is 1.83. The Hall–Kier alpha value is -1.30. The molecule has 186 valence electrons. The number of benzene rings is 1. The van der Waals surface area contributed by atoms with E-state index in [0.717, 1.165) is 11.8 Å². The van der Waals surface area contributed by atoms with Crippen molar-refractivity contribution in [3.8, 4) is 0 Å². The Labute approximate surface area is 207 Å². The fraction of sp³-hybridized carbons (Fsp3) is 0.697. The van der Waals surface area contributed by atoms with Gasteiger partial charge in [0.15, 0.2) is 0 Å². The smallest absolute Gasteiger partial charge is 0.0276 e. The summed E-state index contributed by atoms with van der Waals surface area (Å²) in [6, 6.07) is 9.67. The van der Waals surface area contributed by atoms with Crippen LogP contribution in [0.5, 0.6) is 0 Å². The van der Waals surface area contributed by atoms with Crippen LogP contribution in [0.4, 0.5) is 0 Å². The van der Waals surface area contributed by atoms with Crippen LogP contribution in [-0.2, 0) is 12.8 Å². The zero-order valence-electron chi connectivity index (χ0n) is 22.6. The van der Waals surface area contributed by atoms with Gasteiger partial charge < -0.3 is 0 Å². The fourth-order valence-corrected chi connectivity index (χ4v) is 5.47. The third-order valence-electron chi connectivity index (χ3n) is 7.75. The predicted octanol–water partition coefficient (Wildman–Crippen LogP) is 10.8. The number of aryl methyl sites for hydroxylation is 2. The summed E-state index contributed by atoms with van der Waals surface area (Å²) in [6.45, 7) is 9.07. The van der Waals surface area contributed by atoms with Crippen LogP contribution in [-0.4, -0.2) is 0 Å². The van der Waals surface area contributed by atoms with E-state index in [0.29, 0.717) is 0 Å². The van der Waals surface area contributed by atoms with Gasteiger partial charge in [-0.2, -0.15) is 0 Å². The lowest BCUT2D eigenvalue weighted by molar-refractivity contribution is 0.395. The molecule has 0 N–H and O–H groups in total. The van der Waals surface area contributed by atoms with Gasteiger partial charge in [-0.1, -0.05) is 113 Å². The second-order valence-electron chi connectivity index (χ2n) is 11.1. The van der Waals surface area contributed by atoms with Gasteiger partial charge in [0.05, 0.1) is 0 Å². The molecule has 1 aliphatic rings. The normalized spacial score (nSPS) is 17.0. The van der Waals surface area contributed by atoms with Gasteiger partial charge in [0.25, 0.3) is 0 Å². The van der Waals surface area contributed by atoms with Gasteiger partial charge in [0, 0.05) is 0 Å². The molecule has 0 bridgehead atoms. The summed E-state index contributed by atoms with van der Waals surface area (Å²) in [7, 11) is 0. The molecule has 2 unspecified atom stereocenters. The molecule has 0 spiro atoms. The van der Waals surface area contributed by atoms with Crippen molar-refractivity contribution in [2.45, 2.75) is 137 Å². The second kappa shape index (κ2) is 17.2. The Morgan fingerprint density at radius 1 is 0.848 bits per heavy atom. The maximum atomic E-state index is 2.56. The van der Waals surface area contributed by atoms with Crippen LogP contribution >= 0.6 is 0 Å². The Morgan fingerprint density at radius 2 is 1.58 bits per heavy atom. The average Bonchev–Trinajstić information content (AvgIpc) is 2.82. The third-order valence-corrected chi connectivity index (χ3v) is 7.75. The highest BCUT2D eigenvalue weighted by atomic mass is 14.2. The van der Waals surface area contributed by atoms with E-state index >= 15 is 0 Å². The van der Waals surface area contributed by atoms with Gasteiger partial charge in [-0.05, 0) is 94.6 Å². The number of rotatable bonds is 17. The zero-order chi connectivity index (χ0) is 23.7. The summed E-state index contributed by atoms with van der Waals surface area (Å²) in [5, 5.41) is 0. The van der Waals surface area contributed by atoms with E-state index in [4.69, 9.17) is 0 Å². The first kappa shape index (κ1) is 27.9. The SMILES string of the molecule is CCCCCCCC(CCC)CCc1ccc(CCC2CC=C(CCC=C(C)C)CC2)cc1. The van der Waals surface area contributed by atoms with Crippen LogP contribution in [0.15, 0.2) is 47.6 Å². The quantitative estimate of drug-likeness (QED) is 0.163. The maximum Gasteiger partial charge on any atom is -0.0276 e. The Bertz CT molecular complexity index is 670. The molecule has 0 radical (unpaired) electrons. The molecule has 0 saturated heterocycles. The van der Waals surface area contributed by atoms with Crippen molar-refractivity contribution in [2.24, 2.45) is 11.8 Å². The molecule has 0 heteroatoms. The van der Waals surface area contributed by atoms with Gasteiger partial charge in [-0.15, -0.1) is 0 Å². The first-order valence-corrected chi connectivity index (χ1v) is 14.5. The highest BCUT2D eigenvalue weighted by Crippen LogP contribution is 2.30. The molecule has 0 amide bonds. The van der Waals surface area contributed by atoms with Crippen molar-refractivity contribution in [3.63, 3.8) is 0 Å². The van der Waals surface area contributed by atoms with E-state index in [1.54, 1.807) is 11.1 Å². The minimum Gasteiger partial charge on any atom is -0.0856 e. The number of unbranched alkanes of at least 4 members (excludes halogenated alkanes) is 4. The van der Waals surface area contributed by atoms with Gasteiger partial charge in [-0.25, -0.2) is 0 Å². The summed E-state index contributed by atoms with van der Waals surface area (Å²) in [6.07, 6.45) is 28.0. The fourth-order valence-electron chi connectivity index (χ4n) is 5.47. The lowest BCUT2D eigenvalue weighted by atomic mass is 9.84. The number of hydrogen-bond acceptors (Lipinski definition) is 0. The molecule has 2 atom stereocenters. The van der Waals surface area contributed by atoms with Crippen molar-refractivity contribution < 1.29 is 0 Å². The average molecular weight is 451 g/mol. The molecule has 1 aromatic carbocycles. The van der Waals surface area contributed by atoms with Crippen LogP contribution in [0.2, 0.25) is 0 Å². The van der Waals surface area contributed by atoms with Crippen molar-refractivity contribution in [3.05, 3.63) is 58.7 Å². The van der Waals surface area contributed by atoms with Crippen LogP contribution in [0.25, 0.3) is 0 Å². The van der Waals surface area contributed by atoms with Crippen LogP contribution < -0.4 is 0 Å². The Balaban J connectivity index is 1.67. The highest BCUT2D eigenvalue weighted by Gasteiger charge is 2.14. The van der Waals surface area contributed by atoms with E-state index in [1.807, 2.05) is 0 Å². The Kier molecular flexibility index (Phi) is 14.5. The molecular weight excluding hydrogens is 396 g/mol. The standard InChI is InChI=1S/C33H54/c1-5-7-8-9-10-14-29(12-6-2)16-19-31-22-25-33(26-23-31)27-24-32-20-17-30(18-21-32)15-11-13-28(3)4/h13,17,22-23,25-26,29,32H,5-12,14-16,18-21,24,27H2,1-4H3. The van der Waals surface area contributed by atoms with Gasteiger partial charge in [0.1, 0.15) is 0 Å². The lowest BCUT2D eigenvalue weighted by Gasteiger charge is -2.22. The highest BCUT2D eigenvalue weighted by molar-refractivity contribution is 5.23. The predicted molar refractivity (Wildman–Crippen MR) is 149 cm³/mol. The molecular formula is C33H54. The number of hydrogen-bond donors (Lipinski definition) is 0. The molecule has 1 aromatic rings. The second-order valence-corrected chi connectivity index (χ2v) is 11.1. The van der Waals surface area contributed by atoms with E-state index in [2.05, 4.69) is 64.1 Å². The monoisotopic (exact) mass is 450 g/mol. The zero-order valence-corrected chi connectivity index (χ0v) is 22.6. The van der Waals surface area contributed by atoms with Crippen LogP contribution in [0.3, 0.4) is 0 Å². The van der Waals surface area contributed by atoms with E-state index in [9.17, 15) is 0 Å². The topological polar surface area (TPSA) is 0 Å². The summed E-state index contributed by atoms with van der Waals surface area (Å²) < 4.78 is 0. The van der Waals surface area contributed by atoms with Crippen molar-refractivity contribution >= 4 is 0 Å². The van der Waals surface area contributed by atoms with Crippen LogP contribution in [0.1, 0.15) is 135 Å². The van der Waals surface area contributed by atoms with Crippen molar-refractivity contribution in [1.29, 1.82) is 0 Å². The molecule has 0 nitrogen and oxygen atoms in total. The molecule has 0 aliphatic heterocycles. The van der Waals surface area contributed by atoms with Crippen molar-refractivity contribution in [2.75, 3.05) is 0 Å². The van der Waals surface area contributed by atoms with Gasteiger partial charge >= 0.3 is 0 Å². The summed E-state index contributed by atoms with van der Waals surface area (Å²) in [4.78, 5) is 0. The minimum absolute atomic E-state index is 0.893. The molecule has 33 heavy (non-hydrogen) atoms. The first-order chi connectivity index (χ1) is 16.1. The van der Waals surface area contributed by atoms with Crippen LogP contribution in [0, 0.1) is 11.8 Å². The summed E-state index contributed by atoms with van der Waals surface area (Å²) >= 11 is 0. The molecule has 0 fully saturated rings. The first-order valence-electron chi connectivity index (χ1n) is 14.5. The lowest BCUT2D eigenvalue weighted by Crippen LogP contribution is -2.07. The molecule has 0 heterocycles. The molecule has 2 rings (SSSR count).